The van der Waals surface area contributed by atoms with Crippen LogP contribution in [0.5, 0.6) is 0 Å². The number of halogens is 2. The molecule has 0 saturated heterocycles. The highest BCUT2D eigenvalue weighted by Gasteiger charge is 2.09. The van der Waals surface area contributed by atoms with Gasteiger partial charge in [-0.15, -0.1) is 0 Å². The molecule has 0 aliphatic carbocycles. The average Bonchev–Trinajstić information content (AvgIpc) is 2.23. The van der Waals surface area contributed by atoms with Crippen molar-refractivity contribution in [2.75, 3.05) is 0 Å². The summed E-state index contributed by atoms with van der Waals surface area (Å²) in [4.78, 5) is 3.94. The maximum atomic E-state index is 13.3. The van der Waals surface area contributed by atoms with Gasteiger partial charge in [-0.3, -0.25) is 4.98 Å². The lowest BCUT2D eigenvalue weighted by Crippen LogP contribution is -1.90. The molecule has 0 spiro atoms. The van der Waals surface area contributed by atoms with E-state index in [-0.39, 0.29) is 5.56 Å². The topological polar surface area (TPSA) is 12.9 Å². The highest BCUT2D eigenvalue weighted by atomic mass is 19.2. The van der Waals surface area contributed by atoms with Gasteiger partial charge in [-0.2, -0.15) is 0 Å². The quantitative estimate of drug-likeness (QED) is 0.675. The van der Waals surface area contributed by atoms with Crippen LogP contribution < -0.4 is 0 Å². The second-order valence-corrected chi connectivity index (χ2v) is 2.82. The normalized spacial score (nSPS) is 10.1. The molecule has 0 unspecified atom stereocenters. The molecule has 0 amide bonds. The summed E-state index contributed by atoms with van der Waals surface area (Å²) < 4.78 is 26.1. The van der Waals surface area contributed by atoms with Crippen molar-refractivity contribution in [3.63, 3.8) is 0 Å². The number of nitrogens with zero attached hydrogens (tertiary/aromatic N) is 1. The van der Waals surface area contributed by atoms with Crippen molar-refractivity contribution < 1.29 is 8.78 Å². The first-order valence-electron chi connectivity index (χ1n) is 4.14. The number of hydrogen-bond donors (Lipinski definition) is 0. The Kier molecular flexibility index (Phi) is 2.23. The standard InChI is InChI=1S/C11H7F2N/c12-9-5-3-4-8(11(9)13)10-6-1-2-7-14-10/h1-7H. The first-order chi connectivity index (χ1) is 6.79. The Morgan fingerprint density at radius 1 is 0.929 bits per heavy atom. The minimum absolute atomic E-state index is 0.186. The third-order valence-corrected chi connectivity index (χ3v) is 1.89. The van der Waals surface area contributed by atoms with Gasteiger partial charge in [0.25, 0.3) is 0 Å². The molecule has 2 rings (SSSR count). The van der Waals surface area contributed by atoms with Crippen LogP contribution in [0.25, 0.3) is 11.3 Å². The molecule has 14 heavy (non-hydrogen) atoms. The van der Waals surface area contributed by atoms with Gasteiger partial charge in [-0.1, -0.05) is 12.1 Å². The minimum atomic E-state index is -0.855. The van der Waals surface area contributed by atoms with Gasteiger partial charge in [-0.25, -0.2) is 8.78 Å². The molecule has 2 aromatic rings. The molecule has 1 nitrogen and oxygen atoms in total. The van der Waals surface area contributed by atoms with E-state index < -0.39 is 11.6 Å². The van der Waals surface area contributed by atoms with Crippen LogP contribution in [0, 0.1) is 11.6 Å². The van der Waals surface area contributed by atoms with Gasteiger partial charge in [0.05, 0.1) is 5.69 Å². The van der Waals surface area contributed by atoms with Crippen LogP contribution in [0.1, 0.15) is 0 Å². The van der Waals surface area contributed by atoms with E-state index in [0.717, 1.165) is 6.07 Å². The van der Waals surface area contributed by atoms with Gasteiger partial charge < -0.3 is 0 Å². The van der Waals surface area contributed by atoms with E-state index in [0.29, 0.717) is 5.69 Å². The van der Waals surface area contributed by atoms with Crippen LogP contribution in [-0.4, -0.2) is 4.98 Å². The summed E-state index contributed by atoms with van der Waals surface area (Å²) in [7, 11) is 0. The van der Waals surface area contributed by atoms with Crippen LogP contribution >= 0.6 is 0 Å². The van der Waals surface area contributed by atoms with E-state index >= 15 is 0 Å². The lowest BCUT2D eigenvalue weighted by Gasteiger charge is -2.01. The van der Waals surface area contributed by atoms with Crippen LogP contribution in [-0.2, 0) is 0 Å². The predicted octanol–water partition coefficient (Wildman–Crippen LogP) is 3.03. The fourth-order valence-corrected chi connectivity index (χ4v) is 1.22. The molecule has 1 aromatic heterocycles. The van der Waals surface area contributed by atoms with E-state index in [1.54, 1.807) is 24.4 Å². The molecule has 0 atom stereocenters. The summed E-state index contributed by atoms with van der Waals surface area (Å²) >= 11 is 0. The molecule has 0 N–H and O–H groups in total. The van der Waals surface area contributed by atoms with Crippen molar-refractivity contribution in [3.05, 3.63) is 54.2 Å². The highest BCUT2D eigenvalue weighted by Crippen LogP contribution is 2.21. The maximum absolute atomic E-state index is 13.3. The Hall–Kier alpha value is -1.77. The number of aromatic nitrogens is 1. The molecule has 0 aliphatic heterocycles. The molecule has 3 heteroatoms. The SMILES string of the molecule is Fc1cccc(-c2ccccn2)c1F. The fraction of sp³-hybridized carbons (Fsp3) is 0. The van der Waals surface area contributed by atoms with E-state index in [9.17, 15) is 8.78 Å². The summed E-state index contributed by atoms with van der Waals surface area (Å²) in [6.07, 6.45) is 1.54. The van der Waals surface area contributed by atoms with Crippen LogP contribution in [0.4, 0.5) is 8.78 Å². The molecule has 0 bridgehead atoms. The minimum Gasteiger partial charge on any atom is -0.256 e. The smallest absolute Gasteiger partial charge is 0.168 e. The van der Waals surface area contributed by atoms with E-state index in [2.05, 4.69) is 4.98 Å². The molecule has 70 valence electrons. The number of rotatable bonds is 1. The molecule has 0 saturated carbocycles. The number of pyridine rings is 1. The predicted molar refractivity (Wildman–Crippen MR) is 49.6 cm³/mol. The summed E-state index contributed by atoms with van der Waals surface area (Å²) in [5.41, 5.74) is 0.620. The second-order valence-electron chi connectivity index (χ2n) is 2.82. The van der Waals surface area contributed by atoms with Crippen molar-refractivity contribution in [3.8, 4) is 11.3 Å². The average molecular weight is 191 g/mol. The third-order valence-electron chi connectivity index (χ3n) is 1.89. The Morgan fingerprint density at radius 2 is 1.79 bits per heavy atom. The molecule has 0 fully saturated rings. The molecular formula is C11H7F2N. The Bertz CT molecular complexity index is 440. The summed E-state index contributed by atoms with van der Waals surface area (Å²) in [5.74, 6) is -1.71. The molecule has 1 aromatic carbocycles. The van der Waals surface area contributed by atoms with E-state index in [1.807, 2.05) is 0 Å². The number of hydrogen-bond acceptors (Lipinski definition) is 1. The van der Waals surface area contributed by atoms with Crippen LogP contribution in [0.15, 0.2) is 42.6 Å². The monoisotopic (exact) mass is 191 g/mol. The molecule has 0 radical (unpaired) electrons. The van der Waals surface area contributed by atoms with E-state index in [4.69, 9.17) is 0 Å². The van der Waals surface area contributed by atoms with Gasteiger partial charge in [-0.05, 0) is 24.3 Å². The van der Waals surface area contributed by atoms with Gasteiger partial charge in [0.2, 0.25) is 0 Å². The highest BCUT2D eigenvalue weighted by molar-refractivity contribution is 5.59. The largest absolute Gasteiger partial charge is 0.256 e. The zero-order valence-corrected chi connectivity index (χ0v) is 7.24. The van der Waals surface area contributed by atoms with Crippen LogP contribution in [0.2, 0.25) is 0 Å². The maximum Gasteiger partial charge on any atom is 0.168 e. The Balaban J connectivity index is 2.58. The zero-order valence-electron chi connectivity index (χ0n) is 7.24. The Morgan fingerprint density at radius 3 is 2.50 bits per heavy atom. The van der Waals surface area contributed by atoms with Crippen molar-refractivity contribution in [2.24, 2.45) is 0 Å². The molecule has 0 aliphatic rings. The van der Waals surface area contributed by atoms with Crippen molar-refractivity contribution in [1.29, 1.82) is 0 Å². The van der Waals surface area contributed by atoms with Crippen molar-refractivity contribution in [2.45, 2.75) is 0 Å². The second kappa shape index (κ2) is 3.54. The van der Waals surface area contributed by atoms with Gasteiger partial charge in [0.1, 0.15) is 0 Å². The first-order valence-corrected chi connectivity index (χ1v) is 4.14. The summed E-state index contributed by atoms with van der Waals surface area (Å²) in [5, 5.41) is 0. The lowest BCUT2D eigenvalue weighted by atomic mass is 10.1. The first kappa shape index (κ1) is 8.81. The number of benzene rings is 1. The Labute approximate surface area is 80.0 Å². The molecule has 1 heterocycles. The molecular weight excluding hydrogens is 184 g/mol. The van der Waals surface area contributed by atoms with Gasteiger partial charge in [0.15, 0.2) is 11.6 Å². The summed E-state index contributed by atoms with van der Waals surface area (Å²) in [6.45, 7) is 0. The van der Waals surface area contributed by atoms with Gasteiger partial charge in [0, 0.05) is 11.8 Å². The van der Waals surface area contributed by atoms with Crippen LogP contribution in [0.3, 0.4) is 0 Å². The van der Waals surface area contributed by atoms with Crippen molar-refractivity contribution in [1.82, 2.24) is 4.98 Å². The van der Waals surface area contributed by atoms with Gasteiger partial charge >= 0.3 is 0 Å². The summed E-state index contributed by atoms with van der Waals surface area (Å²) in [6, 6.07) is 9.14. The van der Waals surface area contributed by atoms with Crippen molar-refractivity contribution >= 4 is 0 Å². The third kappa shape index (κ3) is 1.48. The lowest BCUT2D eigenvalue weighted by molar-refractivity contribution is 0.511. The van der Waals surface area contributed by atoms with E-state index in [1.165, 1.54) is 12.1 Å². The zero-order chi connectivity index (χ0) is 9.97. The fourth-order valence-electron chi connectivity index (χ4n) is 1.22.